The summed E-state index contributed by atoms with van der Waals surface area (Å²) in [6.45, 7) is 0. The van der Waals surface area contributed by atoms with Gasteiger partial charge in [0.15, 0.2) is 0 Å². The second-order valence-corrected chi connectivity index (χ2v) is 15.8. The molecule has 0 atom stereocenters. The van der Waals surface area contributed by atoms with Gasteiger partial charge in [0.2, 0.25) is 0 Å². The summed E-state index contributed by atoms with van der Waals surface area (Å²) < 4.78 is 94.1. The van der Waals surface area contributed by atoms with Crippen LogP contribution in [0.15, 0.2) is 179 Å². The van der Waals surface area contributed by atoms with Crippen LogP contribution in [-0.4, -0.2) is 0 Å². The maximum atomic E-state index is 13.5. The summed E-state index contributed by atoms with van der Waals surface area (Å²) in [6, 6.07) is 51.1. The van der Waals surface area contributed by atoms with Crippen molar-refractivity contribution in [1.82, 2.24) is 0 Å². The van der Waals surface area contributed by atoms with Crippen LogP contribution in [0.2, 0.25) is 0 Å². The summed E-state index contributed by atoms with van der Waals surface area (Å²) >= 11 is 0. The van der Waals surface area contributed by atoms with Crippen LogP contribution in [-0.2, 0) is 12.4 Å². The fourth-order valence-electron chi connectivity index (χ4n) is 8.73. The average Bonchev–Trinajstić information content (AvgIpc) is 3.88. The Morgan fingerprint density at radius 2 is 0.682 bits per heavy atom. The fourth-order valence-corrected chi connectivity index (χ4v) is 8.73. The molecule has 0 aliphatic carbocycles. The van der Waals surface area contributed by atoms with Gasteiger partial charge in [-0.3, -0.25) is 0 Å². The SMILES string of the molecule is N#Cc1ccc(N(c2ccc(C(F)(F)F)cc2)c2ccc3c(ccc4c5cc6c(cc5oc34)oc3c4ccc(N(c5ccc(C#N)cc5)c5ccc(C(F)(F)F)cc5)cc4ccc63)c2)cc1. The average molecular weight is 879 g/mol. The van der Waals surface area contributed by atoms with Gasteiger partial charge in [-0.05, 0) is 162 Å². The second-order valence-electron chi connectivity index (χ2n) is 15.8. The zero-order valence-corrected chi connectivity index (χ0v) is 34.0. The Hall–Kier alpha value is -8.74. The summed E-state index contributed by atoms with van der Waals surface area (Å²) in [5, 5.41) is 25.6. The summed E-state index contributed by atoms with van der Waals surface area (Å²) in [5.74, 6) is 0. The minimum atomic E-state index is -4.49. The molecule has 0 fully saturated rings. The first-order valence-corrected chi connectivity index (χ1v) is 20.5. The highest BCUT2D eigenvalue weighted by molar-refractivity contribution is 6.22. The van der Waals surface area contributed by atoms with Crippen molar-refractivity contribution in [2.45, 2.75) is 12.4 Å². The number of alkyl halides is 6. The maximum Gasteiger partial charge on any atom is 0.416 e. The molecule has 11 rings (SSSR count). The first-order valence-electron chi connectivity index (χ1n) is 20.5. The molecule has 12 heteroatoms. The minimum Gasteiger partial charge on any atom is -0.455 e. The van der Waals surface area contributed by atoms with Crippen molar-refractivity contribution in [3.63, 3.8) is 0 Å². The zero-order valence-electron chi connectivity index (χ0n) is 34.0. The van der Waals surface area contributed by atoms with Crippen LogP contribution in [0.25, 0.3) is 65.4 Å². The number of halogens is 6. The molecule has 2 aromatic heterocycles. The van der Waals surface area contributed by atoms with E-state index in [0.717, 1.165) is 67.4 Å². The van der Waals surface area contributed by atoms with Gasteiger partial charge in [-0.15, -0.1) is 0 Å². The smallest absolute Gasteiger partial charge is 0.416 e. The number of nitrogens with zero attached hydrogens (tertiary/aromatic N) is 4. The molecule has 0 aliphatic rings. The Kier molecular flexibility index (Phi) is 9.06. The van der Waals surface area contributed by atoms with E-state index >= 15 is 0 Å². The van der Waals surface area contributed by atoms with Crippen LogP contribution in [0.1, 0.15) is 22.3 Å². The highest BCUT2D eigenvalue weighted by Crippen LogP contribution is 2.45. The predicted octanol–water partition coefficient (Wildman–Crippen LogP) is 16.5. The van der Waals surface area contributed by atoms with Gasteiger partial charge >= 0.3 is 12.4 Å². The summed E-state index contributed by atoms with van der Waals surface area (Å²) in [7, 11) is 0. The van der Waals surface area contributed by atoms with Crippen molar-refractivity contribution in [2.75, 3.05) is 9.80 Å². The number of nitriles is 2. The molecule has 318 valence electrons. The molecule has 11 aromatic rings. The van der Waals surface area contributed by atoms with E-state index in [2.05, 4.69) is 18.2 Å². The van der Waals surface area contributed by atoms with Gasteiger partial charge in [0.25, 0.3) is 0 Å². The molecule has 0 unspecified atom stereocenters. The molecule has 0 spiro atoms. The van der Waals surface area contributed by atoms with Gasteiger partial charge in [-0.2, -0.15) is 36.9 Å². The monoisotopic (exact) mass is 878 g/mol. The first-order chi connectivity index (χ1) is 31.8. The summed E-state index contributed by atoms with van der Waals surface area (Å²) in [6.07, 6.45) is -8.98. The van der Waals surface area contributed by atoms with Crippen molar-refractivity contribution in [2.24, 2.45) is 0 Å². The van der Waals surface area contributed by atoms with Gasteiger partial charge in [0.1, 0.15) is 22.3 Å². The third-order valence-corrected chi connectivity index (χ3v) is 11.9. The molecule has 0 saturated heterocycles. The van der Waals surface area contributed by atoms with Crippen molar-refractivity contribution in [3.8, 4) is 12.1 Å². The normalized spacial score (nSPS) is 12.1. The highest BCUT2D eigenvalue weighted by atomic mass is 19.4. The number of hydrogen-bond acceptors (Lipinski definition) is 6. The lowest BCUT2D eigenvalue weighted by molar-refractivity contribution is -0.138. The topological polar surface area (TPSA) is 80.3 Å². The van der Waals surface area contributed by atoms with Gasteiger partial charge in [-0.25, -0.2) is 0 Å². The number of furan rings is 2. The molecule has 0 aliphatic heterocycles. The molecule has 0 radical (unpaired) electrons. The van der Waals surface area contributed by atoms with Crippen LogP contribution in [0, 0.1) is 22.7 Å². The van der Waals surface area contributed by atoms with Crippen LogP contribution in [0.5, 0.6) is 0 Å². The van der Waals surface area contributed by atoms with Gasteiger partial charge < -0.3 is 18.6 Å². The maximum absolute atomic E-state index is 13.5. The lowest BCUT2D eigenvalue weighted by Gasteiger charge is -2.26. The minimum absolute atomic E-state index is 0.449. The van der Waals surface area contributed by atoms with Crippen LogP contribution in [0.3, 0.4) is 0 Å². The van der Waals surface area contributed by atoms with Crippen LogP contribution in [0.4, 0.5) is 60.5 Å². The standard InChI is InChI=1S/C54H28F6N4O2/c55-53(56,57)35-7-15-39(16-8-35)63(37-11-1-31(29-61)2-12-37)41-19-23-43-33(25-41)5-21-45-47-27-48-46-22-6-34-26-42(20-24-44(34)52(46)66-50(48)28-49(47)65-51(43)45)64(38-13-3-32(30-62)4-14-38)40-17-9-36(10-18-40)54(58,59)60/h1-28H. The molecular formula is C54H28F6N4O2. The molecule has 0 amide bonds. The van der Waals surface area contributed by atoms with E-state index in [9.17, 15) is 36.9 Å². The van der Waals surface area contributed by atoms with E-state index in [1.54, 1.807) is 48.5 Å². The Balaban J connectivity index is 0.979. The zero-order chi connectivity index (χ0) is 45.5. The lowest BCUT2D eigenvalue weighted by atomic mass is 10.0. The van der Waals surface area contributed by atoms with E-state index in [0.29, 0.717) is 67.6 Å². The Morgan fingerprint density at radius 3 is 1.03 bits per heavy atom. The largest absolute Gasteiger partial charge is 0.455 e. The Labute approximate surface area is 370 Å². The van der Waals surface area contributed by atoms with Gasteiger partial charge in [-0.1, -0.05) is 12.1 Å². The second kappa shape index (κ2) is 14.9. The Bertz CT molecular complexity index is 3560. The number of fused-ring (bicyclic) bond motifs is 10. The molecular weight excluding hydrogens is 851 g/mol. The van der Waals surface area contributed by atoms with E-state index < -0.39 is 23.5 Å². The lowest BCUT2D eigenvalue weighted by Crippen LogP contribution is -2.11. The molecule has 0 bridgehead atoms. The Morgan fingerprint density at radius 1 is 0.348 bits per heavy atom. The number of benzene rings is 9. The van der Waals surface area contributed by atoms with E-state index in [-0.39, 0.29) is 0 Å². The van der Waals surface area contributed by atoms with E-state index in [4.69, 9.17) is 8.83 Å². The van der Waals surface area contributed by atoms with Crippen LogP contribution < -0.4 is 9.80 Å². The fraction of sp³-hybridized carbons (Fsp3) is 0.0370. The molecule has 2 heterocycles. The number of anilines is 6. The van der Waals surface area contributed by atoms with Gasteiger partial charge in [0.05, 0.1) is 34.4 Å². The molecule has 66 heavy (non-hydrogen) atoms. The van der Waals surface area contributed by atoms with Crippen molar-refractivity contribution in [3.05, 3.63) is 192 Å². The van der Waals surface area contributed by atoms with Crippen LogP contribution >= 0.6 is 0 Å². The molecule has 9 aromatic carbocycles. The van der Waals surface area contributed by atoms with Crippen molar-refractivity contribution < 1.29 is 35.2 Å². The van der Waals surface area contributed by atoms with E-state index in [1.807, 2.05) is 76.5 Å². The highest BCUT2D eigenvalue weighted by Gasteiger charge is 2.31. The number of hydrogen-bond donors (Lipinski definition) is 0. The number of rotatable bonds is 6. The molecule has 0 N–H and O–H groups in total. The molecule has 0 saturated carbocycles. The van der Waals surface area contributed by atoms with Gasteiger partial charge in [0, 0.05) is 72.5 Å². The third kappa shape index (κ3) is 6.75. The van der Waals surface area contributed by atoms with Crippen molar-refractivity contribution >= 4 is 99.5 Å². The van der Waals surface area contributed by atoms with E-state index in [1.165, 1.54) is 24.3 Å². The summed E-state index contributed by atoms with van der Waals surface area (Å²) in [5.41, 5.74) is 5.60. The first kappa shape index (κ1) is 40.1. The summed E-state index contributed by atoms with van der Waals surface area (Å²) in [4.78, 5) is 3.66. The third-order valence-electron chi connectivity index (χ3n) is 11.9. The quantitative estimate of drug-likeness (QED) is 0.155. The predicted molar refractivity (Wildman–Crippen MR) is 245 cm³/mol. The molecule has 6 nitrogen and oxygen atoms in total. The van der Waals surface area contributed by atoms with Crippen molar-refractivity contribution in [1.29, 1.82) is 10.5 Å².